The molecule has 0 saturated carbocycles. The Labute approximate surface area is 74.8 Å². The maximum Gasteiger partial charge on any atom is 0.433 e. The highest BCUT2D eigenvalue weighted by Gasteiger charge is 2.32. The number of ether oxygens (including phenoxy) is 1. The maximum atomic E-state index is 12.2. The lowest BCUT2D eigenvalue weighted by molar-refractivity contribution is -0.141. The zero-order valence-corrected chi connectivity index (χ0v) is 6.85. The van der Waals surface area contributed by atoms with E-state index in [9.17, 15) is 13.2 Å². The Kier molecular flexibility index (Phi) is 2.33. The highest BCUT2D eigenvalue weighted by Crippen LogP contribution is 2.28. The van der Waals surface area contributed by atoms with E-state index in [0.717, 1.165) is 6.07 Å². The van der Waals surface area contributed by atoms with E-state index < -0.39 is 11.9 Å². The Bertz CT molecular complexity index is 327. The molecule has 2 nitrogen and oxygen atoms in total. The largest absolute Gasteiger partial charge is 0.478 e. The molecule has 0 N–H and O–H groups in total. The molecule has 0 aliphatic heterocycles. The van der Waals surface area contributed by atoms with Gasteiger partial charge in [0.15, 0.2) is 0 Å². The van der Waals surface area contributed by atoms with Gasteiger partial charge in [0.25, 0.3) is 0 Å². The van der Waals surface area contributed by atoms with Gasteiger partial charge in [-0.1, -0.05) is 6.04 Å². The maximum absolute atomic E-state index is 12.2. The molecular weight excluding hydrogens is 183 g/mol. The summed E-state index contributed by atoms with van der Waals surface area (Å²) in [5, 5.41) is 0. The Morgan fingerprint density at radius 3 is 2.77 bits per heavy atom. The molecule has 0 aliphatic rings. The second kappa shape index (κ2) is 3.64. The molecule has 0 unspecified atom stereocenters. The van der Waals surface area contributed by atoms with Gasteiger partial charge in [0.2, 0.25) is 5.88 Å². The molecule has 0 aromatic carbocycles. The second-order valence-electron chi connectivity index (χ2n) is 2.22. The number of hydrogen-bond acceptors (Lipinski definition) is 2. The van der Waals surface area contributed by atoms with Gasteiger partial charge >= 0.3 is 6.18 Å². The van der Waals surface area contributed by atoms with Crippen LogP contribution in [-0.2, 0) is 6.18 Å². The lowest BCUT2D eigenvalue weighted by Crippen LogP contribution is -2.08. The van der Waals surface area contributed by atoms with Gasteiger partial charge in [-0.3, -0.25) is 0 Å². The second-order valence-corrected chi connectivity index (χ2v) is 2.22. The van der Waals surface area contributed by atoms with Crippen LogP contribution in [0.25, 0.3) is 0 Å². The molecular formula is C8H8F3NO. The smallest absolute Gasteiger partial charge is 0.433 e. The molecule has 1 aromatic heterocycles. The first kappa shape index (κ1) is 8.34. The summed E-state index contributed by atoms with van der Waals surface area (Å²) in [5.41, 5.74) is -1.10. The van der Waals surface area contributed by atoms with Gasteiger partial charge in [0, 0.05) is 6.07 Å². The molecule has 1 aromatic rings. The van der Waals surface area contributed by atoms with E-state index in [-0.39, 0.29) is 18.5 Å². The third-order valence-corrected chi connectivity index (χ3v) is 1.24. The number of nitrogens with zero attached hydrogens (tertiary/aromatic N) is 1. The van der Waals surface area contributed by atoms with Crippen LogP contribution in [0.1, 0.15) is 14.0 Å². The molecule has 0 aliphatic carbocycles. The fourth-order valence-corrected chi connectivity index (χ4v) is 0.742. The Morgan fingerprint density at radius 2 is 2.23 bits per heavy atom. The molecule has 0 bridgehead atoms. The summed E-state index contributed by atoms with van der Waals surface area (Å²) in [7, 11) is 0. The van der Waals surface area contributed by atoms with Crippen LogP contribution in [0, 0.1) is 0 Å². The fourth-order valence-electron chi connectivity index (χ4n) is 0.742. The standard InChI is InChI=1S/C8H8F3NO/c1-2-13-7-5-3-4-6(12-7)8(9,10)11/h3-5H,2H2,1H3/i3D. The zero-order valence-electron chi connectivity index (χ0n) is 7.85. The zero-order chi connectivity index (χ0) is 10.8. The quantitative estimate of drug-likeness (QED) is 0.718. The van der Waals surface area contributed by atoms with Crippen molar-refractivity contribution in [1.29, 1.82) is 0 Å². The molecule has 72 valence electrons. The van der Waals surface area contributed by atoms with E-state index in [1.807, 2.05) is 0 Å². The van der Waals surface area contributed by atoms with Crippen molar-refractivity contribution in [2.45, 2.75) is 13.1 Å². The number of rotatable bonds is 2. The van der Waals surface area contributed by atoms with E-state index in [4.69, 9.17) is 6.11 Å². The van der Waals surface area contributed by atoms with Crippen molar-refractivity contribution >= 4 is 0 Å². The van der Waals surface area contributed by atoms with E-state index in [0.29, 0.717) is 6.07 Å². The van der Waals surface area contributed by atoms with Gasteiger partial charge in [-0.05, 0) is 13.0 Å². The number of alkyl halides is 3. The van der Waals surface area contributed by atoms with Crippen LogP contribution in [0.3, 0.4) is 0 Å². The molecule has 1 heterocycles. The summed E-state index contributed by atoms with van der Waals surface area (Å²) in [6, 6.07) is 1.53. The molecule has 1 rings (SSSR count). The molecule has 0 atom stereocenters. The van der Waals surface area contributed by atoms with Gasteiger partial charge < -0.3 is 4.74 Å². The normalized spacial score (nSPS) is 12.5. The predicted octanol–water partition coefficient (Wildman–Crippen LogP) is 2.50. The van der Waals surface area contributed by atoms with Crippen LogP contribution < -0.4 is 4.74 Å². The number of halogens is 3. The summed E-state index contributed by atoms with van der Waals surface area (Å²) in [6.45, 7) is 1.85. The summed E-state index contributed by atoms with van der Waals surface area (Å²) >= 11 is 0. The average Bonchev–Trinajstić information content (AvgIpc) is 2.02. The van der Waals surface area contributed by atoms with Gasteiger partial charge in [-0.15, -0.1) is 0 Å². The monoisotopic (exact) mass is 192 g/mol. The Hall–Kier alpha value is -1.26. The SMILES string of the molecule is [2H]c1cc(OCC)nc(C(F)(F)F)c1. The molecule has 0 amide bonds. The minimum atomic E-state index is -4.54. The third-order valence-electron chi connectivity index (χ3n) is 1.24. The first-order valence-electron chi connectivity index (χ1n) is 4.12. The van der Waals surface area contributed by atoms with Crippen molar-refractivity contribution in [3.05, 3.63) is 23.9 Å². The lowest BCUT2D eigenvalue weighted by atomic mass is 10.3. The summed E-state index contributed by atoms with van der Waals surface area (Å²) < 4.78 is 48.5. The van der Waals surface area contributed by atoms with E-state index >= 15 is 0 Å². The van der Waals surface area contributed by atoms with Crippen molar-refractivity contribution in [3.8, 4) is 5.88 Å². The van der Waals surface area contributed by atoms with E-state index in [1.165, 1.54) is 0 Å². The molecule has 0 radical (unpaired) electrons. The minimum absolute atomic E-state index is 0.174. The molecule has 13 heavy (non-hydrogen) atoms. The van der Waals surface area contributed by atoms with Crippen LogP contribution in [0.4, 0.5) is 13.2 Å². The van der Waals surface area contributed by atoms with Crippen LogP contribution >= 0.6 is 0 Å². The van der Waals surface area contributed by atoms with Gasteiger partial charge in [0.05, 0.1) is 7.98 Å². The van der Waals surface area contributed by atoms with Gasteiger partial charge in [-0.2, -0.15) is 13.2 Å². The number of aromatic nitrogens is 1. The fraction of sp³-hybridized carbons (Fsp3) is 0.375. The van der Waals surface area contributed by atoms with Crippen molar-refractivity contribution in [2.75, 3.05) is 6.61 Å². The Morgan fingerprint density at radius 1 is 1.54 bits per heavy atom. The highest BCUT2D eigenvalue weighted by molar-refractivity contribution is 5.17. The molecule has 0 saturated heterocycles. The van der Waals surface area contributed by atoms with E-state index in [1.54, 1.807) is 6.92 Å². The summed E-state index contributed by atoms with van der Waals surface area (Å²) in [5.74, 6) is -0.174. The first-order chi connectivity index (χ1) is 6.43. The minimum Gasteiger partial charge on any atom is -0.478 e. The van der Waals surface area contributed by atoms with Crippen LogP contribution in [0.2, 0.25) is 0 Å². The summed E-state index contributed by atoms with van der Waals surface area (Å²) in [4.78, 5) is 3.23. The van der Waals surface area contributed by atoms with Crippen LogP contribution in [0.5, 0.6) is 5.88 Å². The third kappa shape index (κ3) is 2.61. The molecule has 5 heteroatoms. The van der Waals surface area contributed by atoms with Crippen molar-refractivity contribution < 1.29 is 19.3 Å². The Balaban J connectivity index is 3.07. The lowest BCUT2D eigenvalue weighted by Gasteiger charge is -2.07. The van der Waals surface area contributed by atoms with Crippen LogP contribution in [0.15, 0.2) is 18.2 Å². The predicted molar refractivity (Wildman–Crippen MR) is 40.4 cm³/mol. The highest BCUT2D eigenvalue weighted by atomic mass is 19.4. The van der Waals surface area contributed by atoms with E-state index in [2.05, 4.69) is 4.98 Å². The van der Waals surface area contributed by atoms with Crippen LogP contribution in [-0.4, -0.2) is 11.6 Å². The van der Waals surface area contributed by atoms with Gasteiger partial charge in [0.1, 0.15) is 5.69 Å². The molecule has 0 fully saturated rings. The van der Waals surface area contributed by atoms with Gasteiger partial charge in [-0.25, -0.2) is 4.98 Å². The first-order valence-corrected chi connectivity index (χ1v) is 3.62. The number of pyridine rings is 1. The average molecular weight is 192 g/mol. The van der Waals surface area contributed by atoms with Crippen molar-refractivity contribution in [1.82, 2.24) is 4.98 Å². The molecule has 0 spiro atoms. The number of hydrogen-bond donors (Lipinski definition) is 0. The summed E-state index contributed by atoms with van der Waals surface area (Å²) in [6.07, 6.45) is -4.54. The van der Waals surface area contributed by atoms with Crippen molar-refractivity contribution in [2.24, 2.45) is 0 Å². The van der Waals surface area contributed by atoms with Crippen molar-refractivity contribution in [3.63, 3.8) is 0 Å². The topological polar surface area (TPSA) is 22.1 Å².